The van der Waals surface area contributed by atoms with Crippen molar-refractivity contribution < 1.29 is 9.18 Å². The normalized spacial score (nSPS) is 22.4. The summed E-state index contributed by atoms with van der Waals surface area (Å²) in [7, 11) is 0. The van der Waals surface area contributed by atoms with Crippen molar-refractivity contribution in [3.05, 3.63) is 30.1 Å². The zero-order valence-electron chi connectivity index (χ0n) is 11.2. The van der Waals surface area contributed by atoms with Gasteiger partial charge in [-0.25, -0.2) is 4.39 Å². The number of carbonyl (C=O) groups excluding carboxylic acids is 1. The van der Waals surface area contributed by atoms with E-state index in [0.29, 0.717) is 12.5 Å². The Morgan fingerprint density at radius 1 is 1.37 bits per heavy atom. The summed E-state index contributed by atoms with van der Waals surface area (Å²) in [6.07, 6.45) is 3.96. The number of carbonyl (C=O) groups is 1. The molecule has 2 unspecified atom stereocenters. The minimum Gasteiger partial charge on any atom is -0.353 e. The summed E-state index contributed by atoms with van der Waals surface area (Å²) in [5.41, 5.74) is 0. The maximum Gasteiger partial charge on any atom is 0.221 e. The van der Waals surface area contributed by atoms with Crippen LogP contribution in [-0.4, -0.2) is 17.7 Å². The minimum atomic E-state index is -0.225. The molecule has 0 bridgehead atoms. The van der Waals surface area contributed by atoms with Crippen LogP contribution in [-0.2, 0) is 4.79 Å². The summed E-state index contributed by atoms with van der Waals surface area (Å²) >= 11 is 1.59. The number of hydrogen-bond donors (Lipinski definition) is 1. The lowest BCUT2D eigenvalue weighted by molar-refractivity contribution is -0.121. The molecule has 4 heteroatoms. The molecule has 1 amide bonds. The topological polar surface area (TPSA) is 29.1 Å². The monoisotopic (exact) mass is 281 g/mol. The van der Waals surface area contributed by atoms with Crippen LogP contribution < -0.4 is 5.32 Å². The second-order valence-corrected chi connectivity index (χ2v) is 6.40. The van der Waals surface area contributed by atoms with E-state index in [0.717, 1.165) is 29.4 Å². The highest BCUT2D eigenvalue weighted by molar-refractivity contribution is 7.99. The summed E-state index contributed by atoms with van der Waals surface area (Å²) in [5, 5.41) is 3.09. The maximum absolute atomic E-state index is 12.7. The van der Waals surface area contributed by atoms with Crippen LogP contribution in [0.25, 0.3) is 0 Å². The Balaban J connectivity index is 1.65. The van der Waals surface area contributed by atoms with Gasteiger partial charge in [0.05, 0.1) is 0 Å². The van der Waals surface area contributed by atoms with Crippen molar-refractivity contribution in [3.8, 4) is 0 Å². The van der Waals surface area contributed by atoms with Gasteiger partial charge in [-0.3, -0.25) is 4.79 Å². The van der Waals surface area contributed by atoms with Gasteiger partial charge in [0.25, 0.3) is 0 Å². The van der Waals surface area contributed by atoms with Crippen molar-refractivity contribution in [2.24, 2.45) is 5.92 Å². The third-order valence-corrected chi connectivity index (χ3v) is 4.49. The van der Waals surface area contributed by atoms with Crippen LogP contribution in [0.2, 0.25) is 0 Å². The van der Waals surface area contributed by atoms with Gasteiger partial charge in [0.2, 0.25) is 5.91 Å². The Bertz CT molecular complexity index is 421. The highest BCUT2D eigenvalue weighted by Crippen LogP contribution is 2.25. The first kappa shape index (κ1) is 14.4. The van der Waals surface area contributed by atoms with Crippen LogP contribution in [0.15, 0.2) is 29.2 Å². The maximum atomic E-state index is 12.7. The molecule has 0 aliphatic heterocycles. The van der Waals surface area contributed by atoms with Gasteiger partial charge in [0.15, 0.2) is 0 Å². The van der Waals surface area contributed by atoms with E-state index in [4.69, 9.17) is 0 Å². The number of benzene rings is 1. The van der Waals surface area contributed by atoms with Crippen molar-refractivity contribution in [2.75, 3.05) is 5.75 Å². The Labute approximate surface area is 118 Å². The van der Waals surface area contributed by atoms with Crippen molar-refractivity contribution in [1.29, 1.82) is 0 Å². The Hall–Kier alpha value is -1.03. The lowest BCUT2D eigenvalue weighted by atomic mass is 10.1. The van der Waals surface area contributed by atoms with E-state index < -0.39 is 0 Å². The molecule has 1 fully saturated rings. The number of halogens is 1. The van der Waals surface area contributed by atoms with Gasteiger partial charge in [0.1, 0.15) is 5.82 Å². The molecule has 2 rings (SSSR count). The lowest BCUT2D eigenvalue weighted by Gasteiger charge is -2.12. The molecule has 1 N–H and O–H groups in total. The molecule has 0 heterocycles. The van der Waals surface area contributed by atoms with Crippen molar-refractivity contribution in [2.45, 2.75) is 43.5 Å². The molecule has 1 saturated carbocycles. The summed E-state index contributed by atoms with van der Waals surface area (Å²) in [6, 6.07) is 6.76. The van der Waals surface area contributed by atoms with Gasteiger partial charge in [-0.15, -0.1) is 11.8 Å². The number of nitrogens with one attached hydrogen (secondary N) is 1. The van der Waals surface area contributed by atoms with Gasteiger partial charge >= 0.3 is 0 Å². The summed E-state index contributed by atoms with van der Waals surface area (Å²) in [5.74, 6) is 1.38. The van der Waals surface area contributed by atoms with Crippen molar-refractivity contribution in [3.63, 3.8) is 0 Å². The second kappa shape index (κ2) is 6.94. The van der Waals surface area contributed by atoms with Crippen LogP contribution in [0.3, 0.4) is 0 Å². The lowest BCUT2D eigenvalue weighted by Crippen LogP contribution is -2.33. The number of rotatable bonds is 5. The van der Waals surface area contributed by atoms with E-state index in [-0.39, 0.29) is 11.7 Å². The predicted molar refractivity (Wildman–Crippen MR) is 76.7 cm³/mol. The third kappa shape index (κ3) is 4.86. The fourth-order valence-electron chi connectivity index (χ4n) is 2.43. The van der Waals surface area contributed by atoms with Gasteiger partial charge in [-0.05, 0) is 49.4 Å². The molecule has 0 aromatic heterocycles. The number of hydrogen-bond acceptors (Lipinski definition) is 2. The largest absolute Gasteiger partial charge is 0.353 e. The first-order valence-electron chi connectivity index (χ1n) is 6.81. The van der Waals surface area contributed by atoms with Crippen LogP contribution in [0.5, 0.6) is 0 Å². The van der Waals surface area contributed by atoms with Gasteiger partial charge < -0.3 is 5.32 Å². The minimum absolute atomic E-state index is 0.133. The molecule has 1 aliphatic carbocycles. The van der Waals surface area contributed by atoms with E-state index in [1.807, 2.05) is 0 Å². The molecule has 1 aliphatic rings. The van der Waals surface area contributed by atoms with E-state index in [1.54, 1.807) is 23.9 Å². The van der Waals surface area contributed by atoms with Crippen LogP contribution in [0.1, 0.15) is 32.6 Å². The first-order chi connectivity index (χ1) is 9.13. The molecule has 1 aromatic rings. The molecular formula is C15H20FNOS. The van der Waals surface area contributed by atoms with E-state index in [1.165, 1.54) is 18.6 Å². The van der Waals surface area contributed by atoms with Gasteiger partial charge in [-0.1, -0.05) is 6.92 Å². The summed E-state index contributed by atoms with van der Waals surface area (Å²) in [4.78, 5) is 12.8. The quantitative estimate of drug-likeness (QED) is 0.835. The molecule has 0 saturated heterocycles. The van der Waals surface area contributed by atoms with Crippen LogP contribution in [0.4, 0.5) is 4.39 Å². The predicted octanol–water partition coefficient (Wildman–Crippen LogP) is 3.61. The first-order valence-corrected chi connectivity index (χ1v) is 7.80. The zero-order valence-corrected chi connectivity index (χ0v) is 12.0. The third-order valence-electron chi connectivity index (χ3n) is 3.47. The van der Waals surface area contributed by atoms with Crippen LogP contribution >= 0.6 is 11.8 Å². The Kier molecular flexibility index (Phi) is 5.25. The molecule has 0 spiro atoms. The van der Waals surface area contributed by atoms with Crippen molar-refractivity contribution in [1.82, 2.24) is 5.32 Å². The zero-order chi connectivity index (χ0) is 13.7. The highest BCUT2D eigenvalue weighted by Gasteiger charge is 2.22. The Morgan fingerprint density at radius 2 is 2.11 bits per heavy atom. The second-order valence-electron chi connectivity index (χ2n) is 5.24. The molecule has 0 radical (unpaired) electrons. The van der Waals surface area contributed by atoms with Crippen LogP contribution in [0, 0.1) is 11.7 Å². The molecule has 19 heavy (non-hydrogen) atoms. The van der Waals surface area contributed by atoms with E-state index in [2.05, 4.69) is 12.2 Å². The van der Waals surface area contributed by atoms with Gasteiger partial charge in [0, 0.05) is 23.1 Å². The average Bonchev–Trinajstić information content (AvgIpc) is 2.77. The average molecular weight is 281 g/mol. The van der Waals surface area contributed by atoms with Crippen molar-refractivity contribution >= 4 is 17.7 Å². The molecule has 1 aromatic carbocycles. The SMILES string of the molecule is CC1CCC(NC(=O)CCSc2ccc(F)cc2)C1. The number of thioether (sulfide) groups is 1. The smallest absolute Gasteiger partial charge is 0.221 e. The van der Waals surface area contributed by atoms with Gasteiger partial charge in [-0.2, -0.15) is 0 Å². The standard InChI is InChI=1S/C15H20FNOS/c1-11-2-5-13(10-11)17-15(18)8-9-19-14-6-3-12(16)4-7-14/h3-4,6-7,11,13H,2,5,8-10H2,1H3,(H,17,18). The van der Waals surface area contributed by atoms with E-state index in [9.17, 15) is 9.18 Å². The molecule has 2 nitrogen and oxygen atoms in total. The fourth-order valence-corrected chi connectivity index (χ4v) is 3.28. The van der Waals surface area contributed by atoms with E-state index >= 15 is 0 Å². The summed E-state index contributed by atoms with van der Waals surface area (Å²) < 4.78 is 12.7. The molecule has 104 valence electrons. The Morgan fingerprint density at radius 3 is 2.74 bits per heavy atom. The number of amides is 1. The summed E-state index contributed by atoms with van der Waals surface area (Å²) in [6.45, 7) is 2.23. The fraction of sp³-hybridized carbons (Fsp3) is 0.533. The molecular weight excluding hydrogens is 261 g/mol. The molecule has 2 atom stereocenters. The highest BCUT2D eigenvalue weighted by atomic mass is 32.2.